The highest BCUT2D eigenvalue weighted by molar-refractivity contribution is 5.95. The van der Waals surface area contributed by atoms with Gasteiger partial charge in [-0.2, -0.15) is 0 Å². The molecule has 7 aromatic carbocycles. The summed E-state index contributed by atoms with van der Waals surface area (Å²) in [6.07, 6.45) is 0. The van der Waals surface area contributed by atoms with Gasteiger partial charge in [0.15, 0.2) is 0 Å². The van der Waals surface area contributed by atoms with Crippen LogP contribution < -0.4 is 4.90 Å². The predicted octanol–water partition coefficient (Wildman–Crippen LogP) is 12.6. The number of anilines is 3. The van der Waals surface area contributed by atoms with Crippen LogP contribution in [-0.2, 0) is 10.8 Å². The third kappa shape index (κ3) is 4.16. The molecule has 1 nitrogen and oxygen atoms in total. The van der Waals surface area contributed by atoms with Crippen molar-refractivity contribution >= 4 is 27.8 Å². The van der Waals surface area contributed by atoms with Gasteiger partial charge in [0.2, 0.25) is 0 Å². The average molecular weight is 604 g/mol. The first-order valence-corrected chi connectivity index (χ1v) is 16.7. The second-order valence-corrected chi connectivity index (χ2v) is 14.3. The van der Waals surface area contributed by atoms with E-state index < -0.39 is 0 Å². The molecule has 0 amide bonds. The molecule has 0 aromatic heterocycles. The number of hydrogen-bond donors (Lipinski definition) is 0. The molecule has 0 heterocycles. The standard InChI is InChI=1S/C46H37N/c1-45(2)41-20-11-10-19-37(41)38-23-21-35(28-43(38)45)47(34-18-12-17-31(25-34)30-13-6-5-7-14-30)36-22-24-39-40-26-32-15-8-9-16-33(32)27-42(40)46(3,4)44(39)29-36/h5-29H,1-4H3. The minimum Gasteiger partial charge on any atom is -0.310 e. The van der Waals surface area contributed by atoms with Gasteiger partial charge in [-0.1, -0.05) is 131 Å². The van der Waals surface area contributed by atoms with Crippen molar-refractivity contribution in [3.63, 3.8) is 0 Å². The van der Waals surface area contributed by atoms with Gasteiger partial charge in [0.25, 0.3) is 0 Å². The highest BCUT2D eigenvalue weighted by atomic mass is 15.1. The summed E-state index contributed by atoms with van der Waals surface area (Å²) < 4.78 is 0. The molecule has 1 heteroatoms. The van der Waals surface area contributed by atoms with Gasteiger partial charge >= 0.3 is 0 Å². The Labute approximate surface area is 277 Å². The summed E-state index contributed by atoms with van der Waals surface area (Å²) in [5, 5.41) is 2.59. The van der Waals surface area contributed by atoms with Crippen molar-refractivity contribution in [2.45, 2.75) is 38.5 Å². The number of benzene rings is 7. The van der Waals surface area contributed by atoms with E-state index in [4.69, 9.17) is 0 Å². The lowest BCUT2D eigenvalue weighted by atomic mass is 9.81. The van der Waals surface area contributed by atoms with Crippen LogP contribution in [0.1, 0.15) is 49.9 Å². The summed E-state index contributed by atoms with van der Waals surface area (Å²) in [5.41, 5.74) is 16.7. The Morgan fingerprint density at radius 1 is 0.340 bits per heavy atom. The number of rotatable bonds is 4. The van der Waals surface area contributed by atoms with E-state index in [-0.39, 0.29) is 10.8 Å². The Kier molecular flexibility index (Phi) is 5.96. The molecule has 0 radical (unpaired) electrons. The van der Waals surface area contributed by atoms with Crippen LogP contribution in [0.3, 0.4) is 0 Å². The van der Waals surface area contributed by atoms with E-state index in [1.54, 1.807) is 0 Å². The molecule has 47 heavy (non-hydrogen) atoms. The maximum atomic E-state index is 2.46. The molecule has 226 valence electrons. The molecule has 0 fully saturated rings. The lowest BCUT2D eigenvalue weighted by Crippen LogP contribution is -2.18. The quantitative estimate of drug-likeness (QED) is 0.193. The van der Waals surface area contributed by atoms with Crippen molar-refractivity contribution in [3.8, 4) is 33.4 Å². The van der Waals surface area contributed by atoms with Crippen LogP contribution in [0.4, 0.5) is 17.1 Å². The first kappa shape index (κ1) is 27.9. The van der Waals surface area contributed by atoms with E-state index in [9.17, 15) is 0 Å². The van der Waals surface area contributed by atoms with Crippen LogP contribution in [0, 0.1) is 0 Å². The summed E-state index contributed by atoms with van der Waals surface area (Å²) in [6.45, 7) is 9.49. The van der Waals surface area contributed by atoms with E-state index in [1.165, 1.54) is 77.8 Å². The fourth-order valence-corrected chi connectivity index (χ4v) is 8.28. The molecule has 0 spiro atoms. The number of hydrogen-bond acceptors (Lipinski definition) is 1. The van der Waals surface area contributed by atoms with Crippen molar-refractivity contribution in [1.82, 2.24) is 0 Å². The average Bonchev–Trinajstić information content (AvgIpc) is 3.47. The van der Waals surface area contributed by atoms with Gasteiger partial charge in [-0.15, -0.1) is 0 Å². The third-order valence-corrected chi connectivity index (χ3v) is 10.8. The van der Waals surface area contributed by atoms with Gasteiger partial charge in [-0.3, -0.25) is 0 Å². The van der Waals surface area contributed by atoms with E-state index in [0.717, 1.165) is 5.69 Å². The van der Waals surface area contributed by atoms with Crippen molar-refractivity contribution in [2.24, 2.45) is 0 Å². The van der Waals surface area contributed by atoms with E-state index in [1.807, 2.05) is 0 Å². The topological polar surface area (TPSA) is 3.24 Å². The van der Waals surface area contributed by atoms with Gasteiger partial charge in [-0.25, -0.2) is 0 Å². The van der Waals surface area contributed by atoms with Crippen LogP contribution in [-0.4, -0.2) is 0 Å². The summed E-state index contributed by atoms with van der Waals surface area (Å²) in [6, 6.07) is 56.3. The Bertz CT molecular complexity index is 2360. The van der Waals surface area contributed by atoms with Gasteiger partial charge in [0.1, 0.15) is 0 Å². The highest BCUT2D eigenvalue weighted by Crippen LogP contribution is 2.53. The zero-order chi connectivity index (χ0) is 31.9. The first-order chi connectivity index (χ1) is 22.8. The SMILES string of the molecule is CC1(C)c2ccccc2-c2ccc(N(c3cccc(-c4ccccc4)c3)c3ccc4c(c3)C(C)(C)c3cc5ccccc5cc3-4)cc21. The Morgan fingerprint density at radius 3 is 1.57 bits per heavy atom. The Morgan fingerprint density at radius 2 is 0.851 bits per heavy atom. The normalized spacial score (nSPS) is 14.7. The largest absolute Gasteiger partial charge is 0.310 e. The molecule has 0 bridgehead atoms. The van der Waals surface area contributed by atoms with Gasteiger partial charge in [0, 0.05) is 27.9 Å². The molecule has 2 aliphatic carbocycles. The maximum Gasteiger partial charge on any atom is 0.0467 e. The summed E-state index contributed by atoms with van der Waals surface area (Å²) in [4.78, 5) is 2.46. The van der Waals surface area contributed by atoms with E-state index in [2.05, 4.69) is 184 Å². The predicted molar refractivity (Wildman–Crippen MR) is 199 cm³/mol. The fraction of sp³-hybridized carbons (Fsp3) is 0.130. The Hall–Kier alpha value is -5.40. The molecule has 0 N–H and O–H groups in total. The van der Waals surface area contributed by atoms with E-state index >= 15 is 0 Å². The van der Waals surface area contributed by atoms with Gasteiger partial charge in [0.05, 0.1) is 0 Å². The number of fused-ring (bicyclic) bond motifs is 7. The van der Waals surface area contributed by atoms with Crippen LogP contribution in [0.15, 0.2) is 152 Å². The zero-order valence-corrected chi connectivity index (χ0v) is 27.4. The fourth-order valence-electron chi connectivity index (χ4n) is 8.28. The molecule has 0 unspecified atom stereocenters. The Balaban J connectivity index is 1.24. The lowest BCUT2D eigenvalue weighted by Gasteiger charge is -2.30. The number of nitrogens with zero attached hydrogens (tertiary/aromatic N) is 1. The molecular weight excluding hydrogens is 567 g/mol. The van der Waals surface area contributed by atoms with Crippen molar-refractivity contribution < 1.29 is 0 Å². The molecule has 0 aliphatic heterocycles. The molecule has 0 saturated carbocycles. The highest BCUT2D eigenvalue weighted by Gasteiger charge is 2.38. The lowest BCUT2D eigenvalue weighted by molar-refractivity contribution is 0.660. The van der Waals surface area contributed by atoms with E-state index in [0.29, 0.717) is 0 Å². The summed E-state index contributed by atoms with van der Waals surface area (Å²) in [7, 11) is 0. The maximum absolute atomic E-state index is 2.46. The summed E-state index contributed by atoms with van der Waals surface area (Å²) in [5.74, 6) is 0. The second-order valence-electron chi connectivity index (χ2n) is 14.3. The van der Waals surface area contributed by atoms with Gasteiger partial charge in [-0.05, 0) is 115 Å². The monoisotopic (exact) mass is 603 g/mol. The molecule has 7 aromatic rings. The van der Waals surface area contributed by atoms with Crippen molar-refractivity contribution in [2.75, 3.05) is 4.90 Å². The van der Waals surface area contributed by atoms with Crippen LogP contribution in [0.5, 0.6) is 0 Å². The first-order valence-electron chi connectivity index (χ1n) is 16.7. The molecule has 0 atom stereocenters. The molecule has 9 rings (SSSR count). The zero-order valence-electron chi connectivity index (χ0n) is 27.4. The minimum atomic E-state index is -0.121. The van der Waals surface area contributed by atoms with Crippen molar-refractivity contribution in [3.05, 3.63) is 174 Å². The molecular formula is C46H37N. The van der Waals surface area contributed by atoms with Crippen LogP contribution >= 0.6 is 0 Å². The third-order valence-electron chi connectivity index (χ3n) is 10.8. The summed E-state index contributed by atoms with van der Waals surface area (Å²) >= 11 is 0. The molecule has 0 saturated heterocycles. The van der Waals surface area contributed by atoms with Crippen LogP contribution in [0.2, 0.25) is 0 Å². The van der Waals surface area contributed by atoms with Gasteiger partial charge < -0.3 is 4.90 Å². The minimum absolute atomic E-state index is 0.0803. The van der Waals surface area contributed by atoms with Crippen molar-refractivity contribution in [1.29, 1.82) is 0 Å². The smallest absolute Gasteiger partial charge is 0.0467 e. The second kappa shape index (κ2) is 10.0. The molecule has 2 aliphatic rings. The van der Waals surface area contributed by atoms with Crippen LogP contribution in [0.25, 0.3) is 44.2 Å².